The SMILES string of the molecule is CN1CCC(Oc2ccc(NC(=O)Cc3ccccc3[N+](=O)[O-])cn2)CC1. The van der Waals surface area contributed by atoms with Crippen LogP contribution in [0, 0.1) is 10.1 Å². The van der Waals surface area contributed by atoms with Crippen LogP contribution in [0.25, 0.3) is 0 Å². The van der Waals surface area contributed by atoms with Gasteiger partial charge in [0.2, 0.25) is 11.8 Å². The van der Waals surface area contributed by atoms with Crippen LogP contribution in [0.1, 0.15) is 18.4 Å². The molecule has 0 radical (unpaired) electrons. The molecule has 1 N–H and O–H groups in total. The van der Waals surface area contributed by atoms with Crippen molar-refractivity contribution in [3.63, 3.8) is 0 Å². The molecule has 2 heterocycles. The predicted molar refractivity (Wildman–Crippen MR) is 101 cm³/mol. The normalized spacial score (nSPS) is 15.3. The first kappa shape index (κ1) is 18.8. The molecule has 0 bridgehead atoms. The largest absolute Gasteiger partial charge is 0.474 e. The zero-order valence-electron chi connectivity index (χ0n) is 15.1. The van der Waals surface area contributed by atoms with Gasteiger partial charge in [0, 0.05) is 30.8 Å². The standard InChI is InChI=1S/C19H22N4O4/c1-22-10-8-16(9-11-22)27-19-7-6-15(13-20-19)21-18(24)12-14-4-2-3-5-17(14)23(25)26/h2-7,13,16H,8-12H2,1H3,(H,21,24). The van der Waals surface area contributed by atoms with Gasteiger partial charge in [0.05, 0.1) is 23.2 Å². The van der Waals surface area contributed by atoms with E-state index in [0.29, 0.717) is 17.1 Å². The maximum Gasteiger partial charge on any atom is 0.273 e. The number of hydrogen-bond acceptors (Lipinski definition) is 6. The third-order valence-electron chi connectivity index (χ3n) is 4.51. The minimum absolute atomic E-state index is 0.0624. The van der Waals surface area contributed by atoms with E-state index in [1.54, 1.807) is 30.3 Å². The van der Waals surface area contributed by atoms with Crippen LogP contribution in [0.2, 0.25) is 0 Å². The number of amides is 1. The molecule has 2 aromatic rings. The van der Waals surface area contributed by atoms with Gasteiger partial charge in [0.15, 0.2) is 0 Å². The van der Waals surface area contributed by atoms with Crippen molar-refractivity contribution in [3.8, 4) is 5.88 Å². The Labute approximate surface area is 157 Å². The van der Waals surface area contributed by atoms with Crippen LogP contribution < -0.4 is 10.1 Å². The van der Waals surface area contributed by atoms with Gasteiger partial charge in [0.1, 0.15) is 6.10 Å². The number of likely N-dealkylation sites (tertiary alicyclic amines) is 1. The van der Waals surface area contributed by atoms with Crippen molar-refractivity contribution >= 4 is 17.3 Å². The van der Waals surface area contributed by atoms with E-state index in [2.05, 4.69) is 22.2 Å². The van der Waals surface area contributed by atoms with Crippen LogP contribution in [-0.4, -0.2) is 47.0 Å². The monoisotopic (exact) mass is 370 g/mol. The Morgan fingerprint density at radius 1 is 1.30 bits per heavy atom. The lowest BCUT2D eigenvalue weighted by Crippen LogP contribution is -2.35. The fourth-order valence-electron chi connectivity index (χ4n) is 3.01. The van der Waals surface area contributed by atoms with Crippen molar-refractivity contribution < 1.29 is 14.5 Å². The maximum absolute atomic E-state index is 12.2. The van der Waals surface area contributed by atoms with Crippen molar-refractivity contribution in [2.24, 2.45) is 0 Å². The summed E-state index contributed by atoms with van der Waals surface area (Å²) in [6.07, 6.45) is 3.54. The number of nitrogens with one attached hydrogen (secondary N) is 1. The summed E-state index contributed by atoms with van der Waals surface area (Å²) in [5.74, 6) is 0.191. The molecule has 3 rings (SSSR count). The zero-order chi connectivity index (χ0) is 19.2. The van der Waals surface area contributed by atoms with Gasteiger partial charge in [-0.25, -0.2) is 4.98 Å². The van der Waals surface area contributed by atoms with Crippen LogP contribution in [0.3, 0.4) is 0 Å². The Bertz CT molecular complexity index is 802. The van der Waals surface area contributed by atoms with Crippen molar-refractivity contribution in [2.75, 3.05) is 25.5 Å². The molecule has 1 aliphatic rings. The van der Waals surface area contributed by atoms with Gasteiger partial charge >= 0.3 is 0 Å². The van der Waals surface area contributed by atoms with Crippen LogP contribution in [0.15, 0.2) is 42.6 Å². The highest BCUT2D eigenvalue weighted by molar-refractivity contribution is 5.92. The number of para-hydroxylation sites is 1. The Kier molecular flexibility index (Phi) is 5.97. The second-order valence-electron chi connectivity index (χ2n) is 6.62. The first-order valence-corrected chi connectivity index (χ1v) is 8.84. The molecule has 8 heteroatoms. The summed E-state index contributed by atoms with van der Waals surface area (Å²) in [5, 5.41) is 13.7. The number of rotatable bonds is 6. The number of piperidine rings is 1. The maximum atomic E-state index is 12.2. The number of benzene rings is 1. The fourth-order valence-corrected chi connectivity index (χ4v) is 3.01. The minimum atomic E-state index is -0.487. The van der Waals surface area contributed by atoms with E-state index in [4.69, 9.17) is 4.74 Å². The molecule has 1 aromatic carbocycles. The summed E-state index contributed by atoms with van der Waals surface area (Å²) in [5.41, 5.74) is 0.831. The molecular weight excluding hydrogens is 348 g/mol. The highest BCUT2D eigenvalue weighted by Gasteiger charge is 2.19. The Morgan fingerprint density at radius 3 is 2.70 bits per heavy atom. The molecule has 1 amide bonds. The van der Waals surface area contributed by atoms with E-state index in [-0.39, 0.29) is 24.1 Å². The van der Waals surface area contributed by atoms with E-state index < -0.39 is 4.92 Å². The number of aromatic nitrogens is 1. The van der Waals surface area contributed by atoms with Crippen molar-refractivity contribution in [2.45, 2.75) is 25.4 Å². The lowest BCUT2D eigenvalue weighted by molar-refractivity contribution is -0.385. The number of carbonyl (C=O) groups is 1. The minimum Gasteiger partial charge on any atom is -0.474 e. The average Bonchev–Trinajstić information content (AvgIpc) is 2.65. The topological polar surface area (TPSA) is 97.6 Å². The van der Waals surface area contributed by atoms with Gasteiger partial charge in [-0.05, 0) is 26.0 Å². The van der Waals surface area contributed by atoms with Gasteiger partial charge in [0.25, 0.3) is 5.69 Å². The second-order valence-corrected chi connectivity index (χ2v) is 6.62. The number of carbonyl (C=O) groups excluding carboxylic acids is 1. The lowest BCUT2D eigenvalue weighted by atomic mass is 10.1. The molecule has 142 valence electrons. The highest BCUT2D eigenvalue weighted by atomic mass is 16.6. The first-order valence-electron chi connectivity index (χ1n) is 8.84. The average molecular weight is 370 g/mol. The van der Waals surface area contributed by atoms with Crippen molar-refractivity contribution in [3.05, 3.63) is 58.3 Å². The summed E-state index contributed by atoms with van der Waals surface area (Å²) in [6, 6.07) is 9.65. The summed E-state index contributed by atoms with van der Waals surface area (Å²) in [4.78, 5) is 29.2. The van der Waals surface area contributed by atoms with E-state index in [1.807, 2.05) is 0 Å². The highest BCUT2D eigenvalue weighted by Crippen LogP contribution is 2.20. The molecule has 0 saturated carbocycles. The van der Waals surface area contributed by atoms with Crippen LogP contribution in [-0.2, 0) is 11.2 Å². The van der Waals surface area contributed by atoms with Crippen molar-refractivity contribution in [1.82, 2.24) is 9.88 Å². The summed E-state index contributed by atoms with van der Waals surface area (Å²) in [6.45, 7) is 2.01. The number of ether oxygens (including phenoxy) is 1. The van der Waals surface area contributed by atoms with Gasteiger partial charge < -0.3 is 15.0 Å². The predicted octanol–water partition coefficient (Wildman–Crippen LogP) is 2.64. The molecule has 0 spiro atoms. The van der Waals surface area contributed by atoms with E-state index in [1.165, 1.54) is 12.3 Å². The van der Waals surface area contributed by atoms with Crippen LogP contribution >= 0.6 is 0 Å². The molecule has 0 atom stereocenters. The quantitative estimate of drug-likeness (QED) is 0.620. The third kappa shape index (κ3) is 5.24. The molecule has 0 unspecified atom stereocenters. The molecule has 8 nitrogen and oxygen atoms in total. The zero-order valence-corrected chi connectivity index (χ0v) is 15.1. The number of hydrogen-bond donors (Lipinski definition) is 1. The van der Waals surface area contributed by atoms with Crippen LogP contribution in [0.4, 0.5) is 11.4 Å². The molecule has 1 aliphatic heterocycles. The van der Waals surface area contributed by atoms with Gasteiger partial charge in [-0.3, -0.25) is 14.9 Å². The fraction of sp³-hybridized carbons (Fsp3) is 0.368. The number of nitrogens with zero attached hydrogens (tertiary/aromatic N) is 3. The summed E-state index contributed by atoms with van der Waals surface area (Å²) < 4.78 is 5.88. The Balaban J connectivity index is 1.55. The molecule has 1 saturated heterocycles. The third-order valence-corrected chi connectivity index (χ3v) is 4.51. The number of pyridine rings is 1. The smallest absolute Gasteiger partial charge is 0.273 e. The molecule has 1 fully saturated rings. The van der Waals surface area contributed by atoms with Crippen LogP contribution in [0.5, 0.6) is 5.88 Å². The van der Waals surface area contributed by atoms with Gasteiger partial charge in [-0.15, -0.1) is 0 Å². The summed E-state index contributed by atoms with van der Waals surface area (Å²) >= 11 is 0. The second kappa shape index (κ2) is 8.59. The van der Waals surface area contributed by atoms with Gasteiger partial charge in [-0.1, -0.05) is 18.2 Å². The van der Waals surface area contributed by atoms with Crippen molar-refractivity contribution in [1.29, 1.82) is 0 Å². The van der Waals surface area contributed by atoms with E-state index in [9.17, 15) is 14.9 Å². The molecule has 0 aliphatic carbocycles. The summed E-state index contributed by atoms with van der Waals surface area (Å²) in [7, 11) is 2.09. The van der Waals surface area contributed by atoms with E-state index in [0.717, 1.165) is 25.9 Å². The molecular formula is C19H22N4O4. The molecule has 27 heavy (non-hydrogen) atoms. The number of nitro groups is 1. The first-order chi connectivity index (χ1) is 13.0. The van der Waals surface area contributed by atoms with Gasteiger partial charge in [-0.2, -0.15) is 0 Å². The lowest BCUT2D eigenvalue weighted by Gasteiger charge is -2.28. The number of anilines is 1. The molecule has 1 aromatic heterocycles. The Hall–Kier alpha value is -3.00. The van der Waals surface area contributed by atoms with E-state index >= 15 is 0 Å². The number of nitro benzene ring substituents is 1. The Morgan fingerprint density at radius 2 is 2.04 bits per heavy atom.